The van der Waals surface area contributed by atoms with Gasteiger partial charge in [0.15, 0.2) is 5.54 Å². The first-order valence-electron chi connectivity index (χ1n) is 13.1. The first-order valence-corrected chi connectivity index (χ1v) is 13.1. The first kappa shape index (κ1) is 24.9. The third-order valence-corrected chi connectivity index (χ3v) is 7.72. The highest BCUT2D eigenvalue weighted by atomic mass is 16.5. The molecule has 1 saturated heterocycles. The predicted octanol–water partition coefficient (Wildman–Crippen LogP) is 5.12. The summed E-state index contributed by atoms with van der Waals surface area (Å²) in [4.78, 5) is 47.1. The summed E-state index contributed by atoms with van der Waals surface area (Å²) < 4.78 is 5.40. The minimum Gasteiger partial charge on any atom is -0.497 e. The van der Waals surface area contributed by atoms with E-state index in [9.17, 15) is 14.4 Å². The quantitative estimate of drug-likeness (QED) is 0.314. The molecule has 5 rings (SSSR count). The summed E-state index contributed by atoms with van der Waals surface area (Å²) >= 11 is 0. The van der Waals surface area contributed by atoms with Crippen LogP contribution in [0.25, 0.3) is 10.9 Å². The van der Waals surface area contributed by atoms with E-state index >= 15 is 0 Å². The lowest BCUT2D eigenvalue weighted by Crippen LogP contribution is -2.49. The molecule has 2 aromatic carbocycles. The average Bonchev–Trinajstić information content (AvgIpc) is 3.38. The summed E-state index contributed by atoms with van der Waals surface area (Å²) in [7, 11) is 1.63. The monoisotopic (exact) mass is 502 g/mol. The van der Waals surface area contributed by atoms with E-state index in [0.29, 0.717) is 30.8 Å². The number of H-pyrrole nitrogens is 1. The number of ether oxygens (including phenoxy) is 1. The maximum atomic E-state index is 14.1. The third kappa shape index (κ3) is 4.04. The number of hydrogen-bond acceptors (Lipinski definition) is 4. The summed E-state index contributed by atoms with van der Waals surface area (Å²) in [5.74, 6) is 0.0968. The van der Waals surface area contributed by atoms with Crippen LogP contribution in [0.5, 0.6) is 5.75 Å². The number of amides is 4. The van der Waals surface area contributed by atoms with Crippen LogP contribution in [0.3, 0.4) is 0 Å². The Hall–Kier alpha value is -3.81. The van der Waals surface area contributed by atoms with Crippen LogP contribution >= 0.6 is 0 Å². The predicted molar refractivity (Wildman–Crippen MR) is 143 cm³/mol. The van der Waals surface area contributed by atoms with Crippen LogP contribution in [0, 0.1) is 0 Å². The van der Waals surface area contributed by atoms with Crippen LogP contribution < -0.4 is 15.0 Å². The van der Waals surface area contributed by atoms with Crippen LogP contribution in [-0.2, 0) is 16.8 Å². The van der Waals surface area contributed by atoms with Crippen LogP contribution in [-0.4, -0.2) is 47.9 Å². The number of methoxy groups -OCH3 is 1. The Morgan fingerprint density at radius 3 is 2.68 bits per heavy atom. The lowest BCUT2D eigenvalue weighted by Gasteiger charge is -2.35. The van der Waals surface area contributed by atoms with E-state index in [1.54, 1.807) is 43.2 Å². The summed E-state index contributed by atoms with van der Waals surface area (Å²) in [6.45, 7) is 4.92. The van der Waals surface area contributed by atoms with E-state index in [-0.39, 0.29) is 11.8 Å². The van der Waals surface area contributed by atoms with Gasteiger partial charge in [-0.15, -0.1) is 0 Å². The molecular weight excluding hydrogens is 468 g/mol. The number of rotatable bonds is 9. The van der Waals surface area contributed by atoms with Gasteiger partial charge in [-0.05, 0) is 55.7 Å². The number of fused-ring (bicyclic) bond motifs is 5. The Labute approximate surface area is 217 Å². The van der Waals surface area contributed by atoms with Crippen molar-refractivity contribution < 1.29 is 19.1 Å². The van der Waals surface area contributed by atoms with Crippen molar-refractivity contribution in [1.82, 2.24) is 15.2 Å². The zero-order valence-electron chi connectivity index (χ0n) is 21.7. The van der Waals surface area contributed by atoms with Gasteiger partial charge in [0.05, 0.1) is 24.1 Å². The molecule has 0 unspecified atom stereocenters. The Kier molecular flexibility index (Phi) is 6.67. The van der Waals surface area contributed by atoms with Gasteiger partial charge in [-0.3, -0.25) is 9.59 Å². The Balaban J connectivity index is 1.45. The maximum absolute atomic E-state index is 14.1. The van der Waals surface area contributed by atoms with Gasteiger partial charge in [0.2, 0.25) is 0 Å². The van der Waals surface area contributed by atoms with E-state index in [1.807, 2.05) is 18.2 Å². The Morgan fingerprint density at radius 2 is 1.89 bits per heavy atom. The number of nitrogens with zero attached hydrogens (tertiary/aromatic N) is 2. The fraction of sp³-hybridized carbons (Fsp3) is 0.414. The number of aromatic nitrogens is 1. The number of imide groups is 1. The van der Waals surface area contributed by atoms with Gasteiger partial charge in [-0.25, -0.2) is 9.69 Å². The van der Waals surface area contributed by atoms with Crippen molar-refractivity contribution in [2.24, 2.45) is 0 Å². The molecule has 2 N–H and O–H groups in total. The molecule has 0 aliphatic carbocycles. The van der Waals surface area contributed by atoms with Gasteiger partial charge in [-0.1, -0.05) is 44.7 Å². The van der Waals surface area contributed by atoms with Gasteiger partial charge in [0.25, 0.3) is 11.8 Å². The molecular formula is C29H34N4O4. The highest BCUT2D eigenvalue weighted by Gasteiger charge is 2.59. The summed E-state index contributed by atoms with van der Waals surface area (Å²) in [5, 5.41) is 3.96. The third-order valence-electron chi connectivity index (χ3n) is 7.72. The Morgan fingerprint density at radius 1 is 1.11 bits per heavy atom. The molecule has 2 aliphatic rings. The van der Waals surface area contributed by atoms with Crippen molar-refractivity contribution in [2.45, 2.75) is 57.9 Å². The molecule has 194 valence electrons. The molecule has 0 radical (unpaired) electrons. The van der Waals surface area contributed by atoms with E-state index in [4.69, 9.17) is 4.74 Å². The molecule has 0 saturated carbocycles. The SMILES string of the molecule is CCCCCCCNC(=O)c1ccccc1N1C(=O)N2CCc3c([nH]c4ccc(OC)cc34)[C@@]2(C)C1=O. The topological polar surface area (TPSA) is 94.7 Å². The number of carbonyl (C=O) groups excluding carboxylic acids is 3. The van der Waals surface area contributed by atoms with Crippen molar-refractivity contribution in [1.29, 1.82) is 0 Å². The number of unbranched alkanes of at least 4 members (excludes halogenated alkanes) is 4. The standard InChI is InChI=1S/C29H34N4O4/c1-4-5-6-7-10-16-30-26(34)21-11-8-9-12-24(21)33-27(35)29(2)25-20(15-17-32(29)28(33)36)22-18-19(37-3)13-14-23(22)31-25/h8-9,11-14,18,31H,4-7,10,15-17H2,1-3H3,(H,30,34)/t29-/m0/s1. The summed E-state index contributed by atoms with van der Waals surface area (Å²) in [6, 6.07) is 12.2. The van der Waals surface area contributed by atoms with Gasteiger partial charge in [-0.2, -0.15) is 0 Å². The lowest BCUT2D eigenvalue weighted by molar-refractivity contribution is -0.125. The van der Waals surface area contributed by atoms with Gasteiger partial charge in [0, 0.05) is 24.0 Å². The van der Waals surface area contributed by atoms with E-state index in [2.05, 4.69) is 17.2 Å². The molecule has 2 aliphatic heterocycles. The van der Waals surface area contributed by atoms with Crippen molar-refractivity contribution in [3.05, 3.63) is 59.3 Å². The number of hydrogen-bond donors (Lipinski definition) is 2. The van der Waals surface area contributed by atoms with E-state index < -0.39 is 11.6 Å². The van der Waals surface area contributed by atoms with Crippen molar-refractivity contribution >= 4 is 34.4 Å². The second kappa shape index (κ2) is 9.92. The lowest BCUT2D eigenvalue weighted by atomic mass is 9.87. The van der Waals surface area contributed by atoms with Crippen molar-refractivity contribution in [3.63, 3.8) is 0 Å². The largest absolute Gasteiger partial charge is 0.497 e. The fourth-order valence-electron chi connectivity index (χ4n) is 5.64. The smallest absolute Gasteiger partial charge is 0.332 e. The number of benzene rings is 2. The van der Waals surface area contributed by atoms with E-state index in [0.717, 1.165) is 47.2 Å². The molecule has 0 bridgehead atoms. The molecule has 37 heavy (non-hydrogen) atoms. The average molecular weight is 503 g/mol. The molecule has 3 aromatic rings. The number of urea groups is 1. The minimum atomic E-state index is -1.19. The molecule has 1 atom stereocenters. The number of nitrogens with one attached hydrogen (secondary N) is 2. The Bertz CT molecular complexity index is 1360. The fourth-order valence-corrected chi connectivity index (χ4v) is 5.64. The zero-order chi connectivity index (χ0) is 26.2. The van der Waals surface area contributed by atoms with Gasteiger partial charge < -0.3 is 19.9 Å². The highest BCUT2D eigenvalue weighted by Crippen LogP contribution is 2.46. The summed E-state index contributed by atoms with van der Waals surface area (Å²) in [5.41, 5.74) is 2.08. The van der Waals surface area contributed by atoms with E-state index in [1.165, 1.54) is 17.7 Å². The van der Waals surface area contributed by atoms with Crippen molar-refractivity contribution in [2.75, 3.05) is 25.1 Å². The number of carbonyl (C=O) groups is 3. The van der Waals surface area contributed by atoms with Crippen LogP contribution in [0.1, 0.15) is 67.6 Å². The molecule has 1 fully saturated rings. The second-order valence-electron chi connectivity index (χ2n) is 9.97. The number of aromatic amines is 1. The van der Waals surface area contributed by atoms with Crippen molar-refractivity contribution in [3.8, 4) is 5.75 Å². The maximum Gasteiger partial charge on any atom is 0.332 e. The molecule has 4 amide bonds. The second-order valence-corrected chi connectivity index (χ2v) is 9.97. The van der Waals surface area contributed by atoms with Crippen LogP contribution in [0.4, 0.5) is 10.5 Å². The van der Waals surface area contributed by atoms with Gasteiger partial charge in [0.1, 0.15) is 5.75 Å². The zero-order valence-corrected chi connectivity index (χ0v) is 21.7. The van der Waals surface area contributed by atoms with Crippen LogP contribution in [0.15, 0.2) is 42.5 Å². The first-order chi connectivity index (χ1) is 17.9. The van der Waals surface area contributed by atoms with Gasteiger partial charge >= 0.3 is 6.03 Å². The highest BCUT2D eigenvalue weighted by molar-refractivity contribution is 6.25. The molecule has 1 aromatic heterocycles. The normalized spacial score (nSPS) is 18.8. The number of para-hydroxylation sites is 1. The molecule has 8 nitrogen and oxygen atoms in total. The molecule has 3 heterocycles. The number of anilines is 1. The van der Waals surface area contributed by atoms with Crippen LogP contribution in [0.2, 0.25) is 0 Å². The minimum absolute atomic E-state index is 0.278. The summed E-state index contributed by atoms with van der Waals surface area (Å²) in [6.07, 6.45) is 6.08. The molecule has 8 heteroatoms. The molecule has 0 spiro atoms.